The largest absolute Gasteiger partial charge is 0.377 e. The topological polar surface area (TPSA) is 21.3 Å². The molecule has 1 saturated carbocycles. The summed E-state index contributed by atoms with van der Waals surface area (Å²) >= 11 is 0. The summed E-state index contributed by atoms with van der Waals surface area (Å²) in [5.74, 6) is 0.601. The first-order chi connectivity index (χ1) is 9.06. The molecular formula is C17H27NO. The highest BCUT2D eigenvalue weighted by molar-refractivity contribution is 5.26. The Morgan fingerprint density at radius 2 is 1.68 bits per heavy atom. The molecule has 0 spiro atoms. The lowest BCUT2D eigenvalue weighted by molar-refractivity contribution is -0.0706. The van der Waals surface area contributed by atoms with Crippen molar-refractivity contribution >= 4 is 0 Å². The van der Waals surface area contributed by atoms with Crippen LogP contribution in [0.4, 0.5) is 0 Å². The standard InChI is InChI=1S/C17H27NO/c1-13(2)15-6-8-16(9-7-15)14(3)18-12-17(19-4)10-5-11-17/h6-9,13-14,18H,5,10-12H2,1-4H3. The molecular weight excluding hydrogens is 234 g/mol. The minimum absolute atomic E-state index is 0.103. The van der Waals surface area contributed by atoms with Gasteiger partial charge in [0, 0.05) is 19.7 Å². The number of nitrogens with one attached hydrogen (secondary N) is 1. The van der Waals surface area contributed by atoms with Gasteiger partial charge in [-0.15, -0.1) is 0 Å². The SMILES string of the molecule is COC1(CNC(C)c2ccc(C(C)C)cc2)CCC1. The van der Waals surface area contributed by atoms with Crippen LogP contribution < -0.4 is 5.32 Å². The first-order valence-corrected chi connectivity index (χ1v) is 7.45. The van der Waals surface area contributed by atoms with E-state index in [4.69, 9.17) is 4.74 Å². The Kier molecular flexibility index (Phi) is 4.64. The summed E-state index contributed by atoms with van der Waals surface area (Å²) < 4.78 is 5.65. The van der Waals surface area contributed by atoms with Crippen LogP contribution in [0.2, 0.25) is 0 Å². The van der Waals surface area contributed by atoms with E-state index in [1.165, 1.54) is 30.4 Å². The van der Waals surface area contributed by atoms with E-state index in [1.54, 1.807) is 0 Å². The Hall–Kier alpha value is -0.860. The summed E-state index contributed by atoms with van der Waals surface area (Å²) in [6, 6.07) is 9.36. The smallest absolute Gasteiger partial charge is 0.0802 e. The number of ether oxygens (including phenoxy) is 1. The van der Waals surface area contributed by atoms with Gasteiger partial charge in [0.2, 0.25) is 0 Å². The minimum atomic E-state index is 0.103. The van der Waals surface area contributed by atoms with Crippen molar-refractivity contribution in [2.24, 2.45) is 0 Å². The fraction of sp³-hybridized carbons (Fsp3) is 0.647. The van der Waals surface area contributed by atoms with Crippen LogP contribution in [0.25, 0.3) is 0 Å². The second-order valence-corrected chi connectivity index (χ2v) is 6.16. The Morgan fingerprint density at radius 1 is 1.11 bits per heavy atom. The third kappa shape index (κ3) is 3.37. The molecule has 106 valence electrons. The van der Waals surface area contributed by atoms with Crippen molar-refractivity contribution in [1.82, 2.24) is 5.32 Å². The lowest BCUT2D eigenvalue weighted by Gasteiger charge is -2.41. The van der Waals surface area contributed by atoms with E-state index in [-0.39, 0.29) is 5.60 Å². The summed E-state index contributed by atoms with van der Waals surface area (Å²) in [7, 11) is 1.84. The summed E-state index contributed by atoms with van der Waals surface area (Å²) in [6.45, 7) is 7.65. The number of hydrogen-bond donors (Lipinski definition) is 1. The maximum Gasteiger partial charge on any atom is 0.0802 e. The predicted molar refractivity (Wildman–Crippen MR) is 80.5 cm³/mol. The van der Waals surface area contributed by atoms with Crippen LogP contribution >= 0.6 is 0 Å². The summed E-state index contributed by atoms with van der Waals surface area (Å²) in [4.78, 5) is 0. The molecule has 0 saturated heterocycles. The van der Waals surface area contributed by atoms with E-state index in [1.807, 2.05) is 7.11 Å². The molecule has 1 aromatic carbocycles. The van der Waals surface area contributed by atoms with Gasteiger partial charge in [0.1, 0.15) is 0 Å². The van der Waals surface area contributed by atoms with E-state index < -0.39 is 0 Å². The molecule has 1 aromatic rings. The average Bonchev–Trinajstić information content (AvgIpc) is 2.38. The van der Waals surface area contributed by atoms with Crippen LogP contribution in [-0.4, -0.2) is 19.3 Å². The van der Waals surface area contributed by atoms with E-state index in [0.717, 1.165) is 6.54 Å². The molecule has 19 heavy (non-hydrogen) atoms. The van der Waals surface area contributed by atoms with Crippen LogP contribution in [-0.2, 0) is 4.74 Å². The van der Waals surface area contributed by atoms with Crippen molar-refractivity contribution in [1.29, 1.82) is 0 Å². The van der Waals surface area contributed by atoms with Gasteiger partial charge in [-0.05, 0) is 43.2 Å². The lowest BCUT2D eigenvalue weighted by Crippen LogP contribution is -2.48. The summed E-state index contributed by atoms with van der Waals surface area (Å²) in [5, 5.41) is 3.62. The summed E-state index contributed by atoms with van der Waals surface area (Å²) in [6.07, 6.45) is 3.68. The third-order valence-electron chi connectivity index (χ3n) is 4.53. The zero-order valence-electron chi connectivity index (χ0n) is 12.7. The molecule has 0 bridgehead atoms. The maximum atomic E-state index is 5.65. The van der Waals surface area contributed by atoms with E-state index in [0.29, 0.717) is 12.0 Å². The molecule has 1 N–H and O–H groups in total. The molecule has 0 heterocycles. The van der Waals surface area contributed by atoms with Crippen LogP contribution in [0.5, 0.6) is 0 Å². The van der Waals surface area contributed by atoms with Gasteiger partial charge in [-0.25, -0.2) is 0 Å². The number of benzene rings is 1. The van der Waals surface area contributed by atoms with Crippen molar-refractivity contribution in [3.63, 3.8) is 0 Å². The number of hydrogen-bond acceptors (Lipinski definition) is 2. The van der Waals surface area contributed by atoms with Gasteiger partial charge in [0.15, 0.2) is 0 Å². The van der Waals surface area contributed by atoms with Gasteiger partial charge >= 0.3 is 0 Å². The Balaban J connectivity index is 1.90. The molecule has 1 fully saturated rings. The lowest BCUT2D eigenvalue weighted by atomic mass is 9.80. The molecule has 0 aromatic heterocycles. The van der Waals surface area contributed by atoms with Gasteiger partial charge in [-0.1, -0.05) is 38.1 Å². The Morgan fingerprint density at radius 3 is 2.11 bits per heavy atom. The maximum absolute atomic E-state index is 5.65. The quantitative estimate of drug-likeness (QED) is 0.834. The molecule has 1 atom stereocenters. The molecule has 0 radical (unpaired) electrons. The highest BCUT2D eigenvalue weighted by Gasteiger charge is 2.36. The molecule has 1 aliphatic rings. The first-order valence-electron chi connectivity index (χ1n) is 7.45. The van der Waals surface area contributed by atoms with Crippen molar-refractivity contribution in [2.75, 3.05) is 13.7 Å². The molecule has 2 heteroatoms. The molecule has 2 nitrogen and oxygen atoms in total. The zero-order valence-corrected chi connectivity index (χ0v) is 12.7. The van der Waals surface area contributed by atoms with Gasteiger partial charge in [-0.3, -0.25) is 0 Å². The van der Waals surface area contributed by atoms with E-state index in [9.17, 15) is 0 Å². The van der Waals surface area contributed by atoms with Crippen LogP contribution in [0.3, 0.4) is 0 Å². The minimum Gasteiger partial charge on any atom is -0.377 e. The van der Waals surface area contributed by atoms with Gasteiger partial charge < -0.3 is 10.1 Å². The van der Waals surface area contributed by atoms with Crippen molar-refractivity contribution in [2.45, 2.75) is 57.6 Å². The molecule has 0 amide bonds. The van der Waals surface area contributed by atoms with Gasteiger partial charge in [0.05, 0.1) is 5.60 Å². The highest BCUT2D eigenvalue weighted by Crippen LogP contribution is 2.34. The fourth-order valence-corrected chi connectivity index (χ4v) is 2.65. The Bertz CT molecular complexity index is 387. The summed E-state index contributed by atoms with van der Waals surface area (Å²) in [5.41, 5.74) is 2.87. The third-order valence-corrected chi connectivity index (χ3v) is 4.53. The molecule has 0 aliphatic heterocycles. The average molecular weight is 261 g/mol. The van der Waals surface area contributed by atoms with Crippen LogP contribution in [0, 0.1) is 0 Å². The normalized spacial score (nSPS) is 19.2. The number of rotatable bonds is 6. The monoisotopic (exact) mass is 261 g/mol. The van der Waals surface area contributed by atoms with Gasteiger partial charge in [-0.2, -0.15) is 0 Å². The van der Waals surface area contributed by atoms with E-state index >= 15 is 0 Å². The van der Waals surface area contributed by atoms with Crippen molar-refractivity contribution in [3.8, 4) is 0 Å². The predicted octanol–water partition coefficient (Wildman–Crippen LogP) is 4.03. The van der Waals surface area contributed by atoms with E-state index in [2.05, 4.69) is 50.4 Å². The zero-order chi connectivity index (χ0) is 13.9. The molecule has 1 aliphatic carbocycles. The van der Waals surface area contributed by atoms with Gasteiger partial charge in [0.25, 0.3) is 0 Å². The Labute approximate surface area is 117 Å². The number of methoxy groups -OCH3 is 1. The first kappa shape index (κ1) is 14.5. The second kappa shape index (κ2) is 6.06. The fourth-order valence-electron chi connectivity index (χ4n) is 2.65. The molecule has 2 rings (SSSR count). The highest BCUT2D eigenvalue weighted by atomic mass is 16.5. The van der Waals surface area contributed by atoms with Crippen LogP contribution in [0.1, 0.15) is 63.1 Å². The molecule has 1 unspecified atom stereocenters. The van der Waals surface area contributed by atoms with Crippen molar-refractivity contribution in [3.05, 3.63) is 35.4 Å². The second-order valence-electron chi connectivity index (χ2n) is 6.16. The van der Waals surface area contributed by atoms with Crippen LogP contribution in [0.15, 0.2) is 24.3 Å². The van der Waals surface area contributed by atoms with Crippen molar-refractivity contribution < 1.29 is 4.74 Å².